The molecule has 0 radical (unpaired) electrons. The molecular weight excluding hydrogens is 186 g/mol. The highest BCUT2D eigenvalue weighted by Crippen LogP contribution is 2.38. The van der Waals surface area contributed by atoms with Gasteiger partial charge in [0.05, 0.1) is 6.10 Å². The van der Waals surface area contributed by atoms with E-state index in [0.29, 0.717) is 6.10 Å². The molecule has 1 saturated carbocycles. The molecule has 0 unspecified atom stereocenters. The van der Waals surface area contributed by atoms with Crippen LogP contribution >= 0.6 is 0 Å². The van der Waals surface area contributed by atoms with Crippen LogP contribution in [0.15, 0.2) is 0 Å². The summed E-state index contributed by atoms with van der Waals surface area (Å²) in [4.78, 5) is 0. The predicted molar refractivity (Wildman–Crippen MR) is 62.9 cm³/mol. The van der Waals surface area contributed by atoms with Crippen molar-refractivity contribution in [1.29, 1.82) is 0 Å². The van der Waals surface area contributed by atoms with E-state index in [1.807, 2.05) is 0 Å². The third-order valence-electron chi connectivity index (χ3n) is 3.62. The lowest BCUT2D eigenvalue weighted by atomic mass is 9.99. The van der Waals surface area contributed by atoms with Crippen molar-refractivity contribution in [1.82, 2.24) is 5.32 Å². The second-order valence-electron chi connectivity index (χ2n) is 5.60. The van der Waals surface area contributed by atoms with Gasteiger partial charge in [0.25, 0.3) is 0 Å². The Labute approximate surface area is 93.8 Å². The van der Waals surface area contributed by atoms with E-state index in [4.69, 9.17) is 4.74 Å². The number of hydrogen-bond acceptors (Lipinski definition) is 2. The highest BCUT2D eigenvalue weighted by Gasteiger charge is 2.35. The molecule has 2 nitrogen and oxygen atoms in total. The van der Waals surface area contributed by atoms with Crippen LogP contribution in [0.3, 0.4) is 0 Å². The summed E-state index contributed by atoms with van der Waals surface area (Å²) in [5.74, 6) is 1.72. The third-order valence-corrected chi connectivity index (χ3v) is 3.62. The van der Waals surface area contributed by atoms with Crippen LogP contribution in [0.2, 0.25) is 0 Å². The van der Waals surface area contributed by atoms with Gasteiger partial charge >= 0.3 is 0 Å². The molecule has 0 aromatic rings. The molecule has 1 aliphatic carbocycles. The zero-order valence-corrected chi connectivity index (χ0v) is 10.2. The Balaban J connectivity index is 1.63. The summed E-state index contributed by atoms with van der Waals surface area (Å²) < 4.78 is 5.82. The molecule has 2 fully saturated rings. The standard InChI is InChI=1S/C13H25NO/c1-10(2)5-7-14-12-6-8-15-13(9-12)11-3-4-11/h10-14H,3-9H2,1-2H3/t12-,13-/m1/s1. The van der Waals surface area contributed by atoms with E-state index in [-0.39, 0.29) is 0 Å². The fraction of sp³-hybridized carbons (Fsp3) is 1.00. The molecule has 0 aromatic carbocycles. The minimum absolute atomic E-state index is 0.579. The maximum absolute atomic E-state index is 5.82. The highest BCUT2D eigenvalue weighted by molar-refractivity contribution is 4.88. The van der Waals surface area contributed by atoms with Crippen LogP contribution < -0.4 is 5.32 Å². The average Bonchev–Trinajstić information content (AvgIpc) is 3.01. The van der Waals surface area contributed by atoms with E-state index in [9.17, 15) is 0 Å². The minimum Gasteiger partial charge on any atom is -0.378 e. The normalized spacial score (nSPS) is 32.2. The van der Waals surface area contributed by atoms with Crippen molar-refractivity contribution in [2.24, 2.45) is 11.8 Å². The summed E-state index contributed by atoms with van der Waals surface area (Å²) in [7, 11) is 0. The van der Waals surface area contributed by atoms with Crippen LogP contribution in [-0.2, 0) is 4.74 Å². The first-order chi connectivity index (χ1) is 7.25. The number of rotatable bonds is 5. The first kappa shape index (κ1) is 11.4. The van der Waals surface area contributed by atoms with E-state index in [1.54, 1.807) is 0 Å². The van der Waals surface area contributed by atoms with Crippen LogP contribution in [-0.4, -0.2) is 25.3 Å². The lowest BCUT2D eigenvalue weighted by molar-refractivity contribution is -0.0111. The molecule has 2 aliphatic rings. The van der Waals surface area contributed by atoms with E-state index >= 15 is 0 Å². The first-order valence-electron chi connectivity index (χ1n) is 6.60. The molecule has 1 heterocycles. The molecule has 1 saturated heterocycles. The lowest BCUT2D eigenvalue weighted by Gasteiger charge is -2.30. The van der Waals surface area contributed by atoms with Crippen LogP contribution in [0.4, 0.5) is 0 Å². The average molecular weight is 211 g/mol. The molecule has 1 N–H and O–H groups in total. The largest absolute Gasteiger partial charge is 0.378 e. The Morgan fingerprint density at radius 1 is 1.27 bits per heavy atom. The maximum Gasteiger partial charge on any atom is 0.0618 e. The van der Waals surface area contributed by atoms with Crippen LogP contribution in [0.25, 0.3) is 0 Å². The molecule has 0 spiro atoms. The summed E-state index contributed by atoms with van der Waals surface area (Å²) in [6.45, 7) is 6.73. The van der Waals surface area contributed by atoms with E-state index in [2.05, 4.69) is 19.2 Å². The SMILES string of the molecule is CC(C)CCN[C@@H]1CCO[C@@H](C2CC2)C1. The molecule has 2 rings (SSSR count). The molecular formula is C13H25NO. The zero-order valence-electron chi connectivity index (χ0n) is 10.2. The molecule has 2 heteroatoms. The Morgan fingerprint density at radius 2 is 2.07 bits per heavy atom. The van der Waals surface area contributed by atoms with Gasteiger partial charge in [-0.2, -0.15) is 0 Å². The third kappa shape index (κ3) is 3.76. The zero-order chi connectivity index (χ0) is 10.7. The van der Waals surface area contributed by atoms with Gasteiger partial charge in [-0.05, 0) is 50.5 Å². The van der Waals surface area contributed by atoms with Crippen molar-refractivity contribution in [3.05, 3.63) is 0 Å². The Hall–Kier alpha value is -0.0800. The summed E-state index contributed by atoms with van der Waals surface area (Å²) in [5, 5.41) is 3.69. The van der Waals surface area contributed by atoms with Crippen molar-refractivity contribution in [3.8, 4) is 0 Å². The summed E-state index contributed by atoms with van der Waals surface area (Å²) in [6.07, 6.45) is 7.15. The monoisotopic (exact) mass is 211 g/mol. The topological polar surface area (TPSA) is 21.3 Å². The van der Waals surface area contributed by atoms with Gasteiger partial charge in [-0.3, -0.25) is 0 Å². The van der Waals surface area contributed by atoms with Crippen molar-refractivity contribution in [2.75, 3.05) is 13.2 Å². The van der Waals surface area contributed by atoms with Crippen LogP contribution in [0.1, 0.15) is 46.0 Å². The van der Waals surface area contributed by atoms with Crippen molar-refractivity contribution >= 4 is 0 Å². The number of hydrogen-bond donors (Lipinski definition) is 1. The molecule has 2 atom stereocenters. The molecule has 88 valence electrons. The lowest BCUT2D eigenvalue weighted by Crippen LogP contribution is -2.40. The number of nitrogens with one attached hydrogen (secondary N) is 1. The van der Waals surface area contributed by atoms with E-state index in [1.165, 1.54) is 38.6 Å². The van der Waals surface area contributed by atoms with Gasteiger partial charge in [-0.15, -0.1) is 0 Å². The number of ether oxygens (including phenoxy) is 1. The van der Waals surface area contributed by atoms with Crippen molar-refractivity contribution in [3.63, 3.8) is 0 Å². The fourth-order valence-electron chi connectivity index (χ4n) is 2.39. The van der Waals surface area contributed by atoms with Crippen LogP contribution in [0.5, 0.6) is 0 Å². The maximum atomic E-state index is 5.82. The van der Waals surface area contributed by atoms with Crippen LogP contribution in [0, 0.1) is 11.8 Å². The summed E-state index contributed by atoms with van der Waals surface area (Å²) in [6, 6.07) is 0.725. The van der Waals surface area contributed by atoms with Gasteiger partial charge in [0, 0.05) is 12.6 Å². The summed E-state index contributed by atoms with van der Waals surface area (Å²) >= 11 is 0. The van der Waals surface area contributed by atoms with Gasteiger partial charge in [0.15, 0.2) is 0 Å². The molecule has 0 amide bonds. The summed E-state index contributed by atoms with van der Waals surface area (Å²) in [5.41, 5.74) is 0. The molecule has 0 aromatic heterocycles. The molecule has 0 bridgehead atoms. The second-order valence-corrected chi connectivity index (χ2v) is 5.60. The van der Waals surface area contributed by atoms with Gasteiger partial charge in [0.2, 0.25) is 0 Å². The Bertz CT molecular complexity index is 189. The fourth-order valence-corrected chi connectivity index (χ4v) is 2.39. The van der Waals surface area contributed by atoms with Crippen molar-refractivity contribution in [2.45, 2.75) is 58.1 Å². The second kappa shape index (κ2) is 5.31. The highest BCUT2D eigenvalue weighted by atomic mass is 16.5. The van der Waals surface area contributed by atoms with Gasteiger partial charge in [0.1, 0.15) is 0 Å². The Kier molecular flexibility index (Phi) is 4.04. The Morgan fingerprint density at radius 3 is 2.73 bits per heavy atom. The van der Waals surface area contributed by atoms with Gasteiger partial charge < -0.3 is 10.1 Å². The van der Waals surface area contributed by atoms with Gasteiger partial charge in [-0.1, -0.05) is 13.8 Å². The quantitative estimate of drug-likeness (QED) is 0.754. The predicted octanol–water partition coefficient (Wildman–Crippen LogP) is 2.58. The van der Waals surface area contributed by atoms with E-state index in [0.717, 1.165) is 24.5 Å². The smallest absolute Gasteiger partial charge is 0.0618 e. The van der Waals surface area contributed by atoms with Crippen molar-refractivity contribution < 1.29 is 4.74 Å². The minimum atomic E-state index is 0.579. The molecule has 15 heavy (non-hydrogen) atoms. The first-order valence-corrected chi connectivity index (χ1v) is 6.60. The molecule has 1 aliphatic heterocycles. The van der Waals surface area contributed by atoms with Gasteiger partial charge in [-0.25, -0.2) is 0 Å². The van der Waals surface area contributed by atoms with E-state index < -0.39 is 0 Å².